The van der Waals surface area contributed by atoms with Crippen molar-refractivity contribution in [3.63, 3.8) is 0 Å². The van der Waals surface area contributed by atoms with Gasteiger partial charge in [0.15, 0.2) is 5.65 Å². The molecule has 0 amide bonds. The fourth-order valence-corrected chi connectivity index (χ4v) is 4.28. The molecule has 0 aliphatic carbocycles. The van der Waals surface area contributed by atoms with Gasteiger partial charge in [0.2, 0.25) is 0 Å². The van der Waals surface area contributed by atoms with Gasteiger partial charge < -0.3 is 14.7 Å². The second-order valence-electron chi connectivity index (χ2n) is 7.99. The molecule has 1 fully saturated rings. The number of aromatic amines is 1. The molecular weight excluding hydrogens is 380 g/mol. The molecule has 5 heterocycles. The minimum atomic E-state index is -0.233. The largest absolute Gasteiger partial charge is 0.492 e. The molecule has 8 nitrogen and oxygen atoms in total. The van der Waals surface area contributed by atoms with Gasteiger partial charge >= 0.3 is 0 Å². The quantitative estimate of drug-likeness (QED) is 0.540. The highest BCUT2D eigenvalue weighted by Gasteiger charge is 2.23. The second kappa shape index (κ2) is 7.60. The van der Waals surface area contributed by atoms with Gasteiger partial charge in [0.1, 0.15) is 11.6 Å². The summed E-state index contributed by atoms with van der Waals surface area (Å²) < 4.78 is 7.61. The van der Waals surface area contributed by atoms with Gasteiger partial charge in [0.25, 0.3) is 0 Å². The van der Waals surface area contributed by atoms with Gasteiger partial charge in [-0.05, 0) is 43.9 Å². The molecule has 156 valence electrons. The molecule has 4 aromatic rings. The van der Waals surface area contributed by atoms with Crippen LogP contribution in [-0.4, -0.2) is 55.7 Å². The number of ether oxygens (including phenoxy) is 1. The minimum Gasteiger partial charge on any atom is -0.492 e. The topological polar surface area (TPSA) is 91.6 Å². The van der Waals surface area contributed by atoms with E-state index in [2.05, 4.69) is 39.3 Å². The number of H-pyrrole nitrogens is 1. The zero-order chi connectivity index (χ0) is 20.7. The van der Waals surface area contributed by atoms with Gasteiger partial charge in [-0.2, -0.15) is 5.10 Å². The Morgan fingerprint density at radius 3 is 3.00 bits per heavy atom. The van der Waals surface area contributed by atoms with Crippen LogP contribution in [0.25, 0.3) is 27.7 Å². The van der Waals surface area contributed by atoms with Gasteiger partial charge in [0.05, 0.1) is 36.0 Å². The Kier molecular flexibility index (Phi) is 4.78. The summed E-state index contributed by atoms with van der Waals surface area (Å²) in [5.74, 6) is 1.94. The number of aromatic nitrogens is 5. The second-order valence-corrected chi connectivity index (χ2v) is 7.99. The monoisotopic (exact) mass is 406 g/mol. The zero-order valence-corrected chi connectivity index (χ0v) is 17.2. The summed E-state index contributed by atoms with van der Waals surface area (Å²) in [5.41, 5.74) is 3.72. The van der Waals surface area contributed by atoms with Gasteiger partial charge in [-0.15, -0.1) is 5.10 Å². The van der Waals surface area contributed by atoms with Crippen LogP contribution in [0, 0.1) is 5.92 Å². The number of nitrogens with one attached hydrogen (secondary N) is 1. The van der Waals surface area contributed by atoms with Crippen LogP contribution in [0.3, 0.4) is 0 Å². The summed E-state index contributed by atoms with van der Waals surface area (Å²) in [4.78, 5) is 7.03. The highest BCUT2D eigenvalue weighted by atomic mass is 16.5. The number of pyridine rings is 2. The average molecular weight is 406 g/mol. The van der Waals surface area contributed by atoms with E-state index >= 15 is 0 Å². The molecule has 30 heavy (non-hydrogen) atoms. The number of hydrogen-bond acceptors (Lipinski definition) is 6. The van der Waals surface area contributed by atoms with Crippen LogP contribution in [0.15, 0.2) is 36.8 Å². The summed E-state index contributed by atoms with van der Waals surface area (Å²) in [5, 5.41) is 22.8. The van der Waals surface area contributed by atoms with Crippen molar-refractivity contribution in [1.29, 1.82) is 0 Å². The molecule has 5 rings (SSSR count). The van der Waals surface area contributed by atoms with E-state index in [9.17, 15) is 5.11 Å². The molecule has 0 spiro atoms. The maximum atomic E-state index is 10.2. The van der Waals surface area contributed by atoms with Gasteiger partial charge in [-0.3, -0.25) is 5.10 Å². The Labute approximate surface area is 174 Å². The van der Waals surface area contributed by atoms with Crippen molar-refractivity contribution >= 4 is 22.4 Å². The van der Waals surface area contributed by atoms with Crippen molar-refractivity contribution in [3.8, 4) is 16.9 Å². The molecule has 8 heteroatoms. The number of fused-ring (bicyclic) bond motifs is 3. The molecule has 0 aromatic carbocycles. The van der Waals surface area contributed by atoms with Crippen molar-refractivity contribution in [2.45, 2.75) is 32.8 Å². The lowest BCUT2D eigenvalue weighted by atomic mass is 10.0. The molecule has 0 radical (unpaired) electrons. The molecule has 1 aliphatic heterocycles. The molecule has 1 saturated heterocycles. The van der Waals surface area contributed by atoms with E-state index in [1.54, 1.807) is 6.20 Å². The number of anilines is 1. The third-order valence-electron chi connectivity index (χ3n) is 5.89. The maximum Gasteiger partial charge on any atom is 0.178 e. The third kappa shape index (κ3) is 3.27. The zero-order valence-electron chi connectivity index (χ0n) is 17.2. The first-order chi connectivity index (χ1) is 14.6. The van der Waals surface area contributed by atoms with Crippen LogP contribution in [0.4, 0.5) is 5.82 Å². The SMILES string of the molecule is CCOc1cc(-c2ccc(N3CCC[C@@H](O)C(C)C3)nc2)c2c3cn[nH]c3nn2c1. The molecule has 2 N–H and O–H groups in total. The summed E-state index contributed by atoms with van der Waals surface area (Å²) in [6, 6.07) is 6.19. The van der Waals surface area contributed by atoms with Gasteiger partial charge in [-0.25, -0.2) is 9.50 Å². The van der Waals surface area contributed by atoms with E-state index in [0.29, 0.717) is 6.61 Å². The normalized spacial score (nSPS) is 20.0. The summed E-state index contributed by atoms with van der Waals surface area (Å²) in [7, 11) is 0. The average Bonchev–Trinajstić information content (AvgIpc) is 3.29. The van der Waals surface area contributed by atoms with E-state index in [1.807, 2.05) is 29.9 Å². The Morgan fingerprint density at radius 1 is 1.30 bits per heavy atom. The molecule has 4 aromatic heterocycles. The van der Waals surface area contributed by atoms with Crippen LogP contribution in [0.5, 0.6) is 5.75 Å². The summed E-state index contributed by atoms with van der Waals surface area (Å²) in [6.07, 6.45) is 7.18. The predicted molar refractivity (Wildman–Crippen MR) is 116 cm³/mol. The first-order valence-corrected chi connectivity index (χ1v) is 10.5. The third-order valence-corrected chi connectivity index (χ3v) is 5.89. The van der Waals surface area contributed by atoms with Crippen LogP contribution in [0.2, 0.25) is 0 Å². The maximum absolute atomic E-state index is 10.2. The van der Waals surface area contributed by atoms with Crippen molar-refractivity contribution in [2.24, 2.45) is 5.92 Å². The van der Waals surface area contributed by atoms with E-state index < -0.39 is 0 Å². The number of rotatable bonds is 4. The Balaban J connectivity index is 1.55. The smallest absolute Gasteiger partial charge is 0.178 e. The van der Waals surface area contributed by atoms with E-state index in [1.165, 1.54) is 0 Å². The van der Waals surface area contributed by atoms with E-state index in [-0.39, 0.29) is 12.0 Å². The number of hydrogen-bond donors (Lipinski definition) is 2. The Hall–Kier alpha value is -3.13. The summed E-state index contributed by atoms with van der Waals surface area (Å²) >= 11 is 0. The molecular formula is C22H26N6O2. The lowest BCUT2D eigenvalue weighted by Crippen LogP contribution is -2.30. The fourth-order valence-electron chi connectivity index (χ4n) is 4.28. The standard InChI is InChI=1S/C22H26N6O2/c1-3-30-16-9-17(21-18-11-24-25-22(18)26-28(21)13-16)15-6-7-20(23-10-15)27-8-4-5-19(29)14(2)12-27/h6-7,9-11,13-14,19,29H,3-5,8,12H2,1-2H3,(H,25,26)/t14?,19-/m1/s1. The molecule has 0 bridgehead atoms. The van der Waals surface area contributed by atoms with Gasteiger partial charge in [0, 0.05) is 30.4 Å². The molecule has 0 saturated carbocycles. The van der Waals surface area contributed by atoms with Crippen molar-refractivity contribution in [2.75, 3.05) is 24.6 Å². The van der Waals surface area contributed by atoms with E-state index in [0.717, 1.165) is 65.2 Å². The lowest BCUT2D eigenvalue weighted by Gasteiger charge is -2.25. The van der Waals surface area contributed by atoms with Crippen LogP contribution in [-0.2, 0) is 0 Å². The minimum absolute atomic E-state index is 0.233. The molecule has 2 atom stereocenters. The van der Waals surface area contributed by atoms with Gasteiger partial charge in [-0.1, -0.05) is 6.92 Å². The Morgan fingerprint density at radius 2 is 2.20 bits per heavy atom. The fraction of sp³-hybridized carbons (Fsp3) is 0.409. The predicted octanol–water partition coefficient (Wildman–Crippen LogP) is 3.27. The van der Waals surface area contributed by atoms with Crippen LogP contribution in [0.1, 0.15) is 26.7 Å². The van der Waals surface area contributed by atoms with Crippen LogP contribution < -0.4 is 9.64 Å². The first kappa shape index (κ1) is 18.9. The van der Waals surface area contributed by atoms with Crippen molar-refractivity contribution < 1.29 is 9.84 Å². The van der Waals surface area contributed by atoms with E-state index in [4.69, 9.17) is 9.72 Å². The lowest BCUT2D eigenvalue weighted by molar-refractivity contribution is 0.117. The number of aliphatic hydroxyl groups is 1. The highest BCUT2D eigenvalue weighted by Crippen LogP contribution is 2.33. The van der Waals surface area contributed by atoms with Crippen LogP contribution >= 0.6 is 0 Å². The van der Waals surface area contributed by atoms with Crippen molar-refractivity contribution in [1.82, 2.24) is 24.8 Å². The highest BCUT2D eigenvalue weighted by molar-refractivity contribution is 6.00. The Bertz CT molecular complexity index is 1170. The molecule has 1 aliphatic rings. The van der Waals surface area contributed by atoms with Crippen molar-refractivity contribution in [3.05, 3.63) is 36.8 Å². The number of aliphatic hydroxyl groups excluding tert-OH is 1. The molecule has 1 unspecified atom stereocenters. The first-order valence-electron chi connectivity index (χ1n) is 10.5. The number of nitrogens with zero attached hydrogens (tertiary/aromatic N) is 5. The summed E-state index contributed by atoms with van der Waals surface area (Å²) in [6.45, 7) is 6.38.